The molecule has 2 heterocycles. The van der Waals surface area contributed by atoms with Crippen molar-refractivity contribution in [1.29, 1.82) is 0 Å². The Kier molecular flexibility index (Phi) is 9.23. The lowest BCUT2D eigenvalue weighted by Gasteiger charge is -2.38. The van der Waals surface area contributed by atoms with Gasteiger partial charge in [-0.25, -0.2) is 16.8 Å². The summed E-state index contributed by atoms with van der Waals surface area (Å²) in [6, 6.07) is 9.31. The van der Waals surface area contributed by atoms with Gasteiger partial charge in [0.25, 0.3) is 15.9 Å². The minimum Gasteiger partial charge on any atom is -0.488 e. The lowest BCUT2D eigenvalue weighted by Crippen LogP contribution is -2.50. The fraction of sp³-hybridized carbons (Fsp3) is 0.407. The van der Waals surface area contributed by atoms with E-state index in [0.29, 0.717) is 5.02 Å². The highest BCUT2D eigenvalue weighted by atomic mass is 35.5. The van der Waals surface area contributed by atoms with E-state index in [1.165, 1.54) is 61.3 Å². The van der Waals surface area contributed by atoms with E-state index in [9.17, 15) is 26.7 Å². The quantitative estimate of drug-likeness (QED) is 0.358. The number of halogens is 1. The van der Waals surface area contributed by atoms with Crippen LogP contribution in [0.25, 0.3) is 0 Å². The number of anilines is 1. The smallest absolute Gasteiger partial charge is 0.261 e. The number of aliphatic hydroxyl groups excluding tert-OH is 1. The van der Waals surface area contributed by atoms with Crippen molar-refractivity contribution in [3.05, 3.63) is 64.5 Å². The second-order valence-corrected chi connectivity index (χ2v) is 14.4. The van der Waals surface area contributed by atoms with Crippen LogP contribution in [-0.4, -0.2) is 81.1 Å². The van der Waals surface area contributed by atoms with Crippen molar-refractivity contribution in [2.24, 2.45) is 5.92 Å². The molecule has 42 heavy (non-hydrogen) atoms. The molecule has 228 valence electrons. The first kappa shape index (κ1) is 31.8. The number of hydrogen-bond donors (Lipinski definition) is 2. The molecule has 0 saturated heterocycles. The van der Waals surface area contributed by atoms with Crippen molar-refractivity contribution in [2.75, 3.05) is 31.5 Å². The normalized spacial score (nSPS) is 18.7. The number of aromatic nitrogens is 1. The summed E-state index contributed by atoms with van der Waals surface area (Å²) in [6.45, 7) is 6.32. The first-order chi connectivity index (χ1) is 19.6. The average Bonchev–Trinajstić information content (AvgIpc) is 3.28. The molecule has 3 atom stereocenters. The summed E-state index contributed by atoms with van der Waals surface area (Å²) in [6.07, 6.45) is -0.720. The molecule has 2 aromatic carbocycles. The number of carbonyl (C=O) groups excluding carboxylic acids is 1. The Labute approximate surface area is 250 Å². The molecule has 3 aromatic rings. The van der Waals surface area contributed by atoms with Crippen molar-refractivity contribution < 1.29 is 36.0 Å². The van der Waals surface area contributed by atoms with Gasteiger partial charge in [-0.2, -0.15) is 4.31 Å². The third-order valence-corrected chi connectivity index (χ3v) is 10.8. The van der Waals surface area contributed by atoms with Crippen LogP contribution < -0.4 is 9.46 Å². The predicted molar refractivity (Wildman–Crippen MR) is 156 cm³/mol. The first-order valence-corrected chi connectivity index (χ1v) is 16.4. The van der Waals surface area contributed by atoms with Gasteiger partial charge >= 0.3 is 0 Å². The molecule has 0 radical (unpaired) electrons. The lowest BCUT2D eigenvalue weighted by molar-refractivity contribution is 0.0387. The monoisotopic (exact) mass is 640 g/mol. The SMILES string of the molecule is Cc1noc(C)c1S(=O)(=O)N(C)C[C@@H]1Oc2ccc(NS(=O)(=O)c3ccc(Cl)cc3)cc2C(=O)N([C@@H](C)CO)C[C@@H]1C. The Morgan fingerprint density at radius 3 is 2.43 bits per heavy atom. The van der Waals surface area contributed by atoms with E-state index in [4.69, 9.17) is 20.9 Å². The molecule has 0 fully saturated rings. The Bertz CT molecular complexity index is 1660. The largest absolute Gasteiger partial charge is 0.488 e. The predicted octanol–water partition coefficient (Wildman–Crippen LogP) is 3.29. The van der Waals surface area contributed by atoms with Gasteiger partial charge in [-0.15, -0.1) is 0 Å². The molecule has 2 N–H and O–H groups in total. The van der Waals surface area contributed by atoms with Crippen LogP contribution >= 0.6 is 11.6 Å². The number of nitrogens with zero attached hydrogens (tertiary/aromatic N) is 3. The molecule has 0 unspecified atom stereocenters. The number of fused-ring (bicyclic) bond motifs is 1. The third-order valence-electron chi connectivity index (χ3n) is 7.11. The Balaban J connectivity index is 1.69. The summed E-state index contributed by atoms with van der Waals surface area (Å²) in [7, 11) is -6.57. The van der Waals surface area contributed by atoms with Crippen LogP contribution in [0.4, 0.5) is 5.69 Å². The minimum absolute atomic E-state index is 0.0202. The zero-order valence-electron chi connectivity index (χ0n) is 23.7. The average molecular weight is 641 g/mol. The van der Waals surface area contributed by atoms with Gasteiger partial charge in [0.2, 0.25) is 10.0 Å². The van der Waals surface area contributed by atoms with Crippen LogP contribution in [0.1, 0.15) is 35.7 Å². The van der Waals surface area contributed by atoms with E-state index in [1.54, 1.807) is 13.8 Å². The van der Waals surface area contributed by atoms with Gasteiger partial charge in [-0.3, -0.25) is 9.52 Å². The van der Waals surface area contributed by atoms with Crippen LogP contribution in [-0.2, 0) is 20.0 Å². The van der Waals surface area contributed by atoms with Gasteiger partial charge < -0.3 is 19.3 Å². The number of hydrogen-bond acceptors (Lipinski definition) is 9. The molecule has 4 rings (SSSR count). The fourth-order valence-corrected chi connectivity index (χ4v) is 7.32. The lowest BCUT2D eigenvalue weighted by atomic mass is 9.99. The maximum Gasteiger partial charge on any atom is 0.261 e. The second-order valence-electron chi connectivity index (χ2n) is 10.3. The number of aliphatic hydroxyl groups is 1. The van der Waals surface area contributed by atoms with E-state index < -0.39 is 38.1 Å². The molecule has 1 aliphatic rings. The van der Waals surface area contributed by atoms with Crippen LogP contribution in [0.3, 0.4) is 0 Å². The van der Waals surface area contributed by atoms with Crippen molar-refractivity contribution in [3.8, 4) is 5.75 Å². The minimum atomic E-state index is -4.01. The maximum absolute atomic E-state index is 13.7. The Hall–Kier alpha value is -3.17. The number of carbonyl (C=O) groups is 1. The van der Waals surface area contributed by atoms with E-state index in [1.807, 2.05) is 6.92 Å². The zero-order valence-corrected chi connectivity index (χ0v) is 26.1. The van der Waals surface area contributed by atoms with E-state index in [0.717, 1.165) is 4.31 Å². The van der Waals surface area contributed by atoms with Crippen LogP contribution in [0.15, 0.2) is 56.8 Å². The standard InChI is InChI=1S/C27H33ClN4O8S2/c1-16-13-32(17(2)15-33)27(34)23-12-21(30-41(35,36)22-9-6-20(28)7-10-22)8-11-24(23)39-25(16)14-31(5)42(37,38)26-18(3)29-40-19(26)4/h6-12,16-17,25,30,33H,13-15H2,1-5H3/t16-,17-,25-/m0/s1. The van der Waals surface area contributed by atoms with E-state index in [2.05, 4.69) is 9.88 Å². The van der Waals surface area contributed by atoms with Crippen molar-refractivity contribution in [3.63, 3.8) is 0 Å². The molecule has 0 aliphatic carbocycles. The van der Waals surface area contributed by atoms with Gasteiger partial charge in [0.1, 0.15) is 22.4 Å². The number of likely N-dealkylation sites (N-methyl/N-ethyl adjacent to an activating group) is 1. The molecule has 1 amide bonds. The molecule has 1 aromatic heterocycles. The second kappa shape index (κ2) is 12.2. The fourth-order valence-electron chi connectivity index (χ4n) is 4.68. The number of ether oxygens (including phenoxy) is 1. The van der Waals surface area contributed by atoms with Crippen LogP contribution in [0.5, 0.6) is 5.75 Å². The molecule has 0 spiro atoms. The molecule has 0 bridgehead atoms. The summed E-state index contributed by atoms with van der Waals surface area (Å²) in [5.41, 5.74) is 0.402. The molecule has 15 heteroatoms. The van der Waals surface area contributed by atoms with E-state index >= 15 is 0 Å². The molecule has 0 saturated carbocycles. The van der Waals surface area contributed by atoms with Crippen LogP contribution in [0.2, 0.25) is 5.02 Å². The number of nitrogens with one attached hydrogen (secondary N) is 1. The molecule has 12 nitrogen and oxygen atoms in total. The van der Waals surface area contributed by atoms with Crippen molar-refractivity contribution in [2.45, 2.75) is 49.6 Å². The molecular formula is C27H33ClN4O8S2. The number of rotatable bonds is 9. The van der Waals surface area contributed by atoms with Crippen molar-refractivity contribution >= 4 is 43.2 Å². The highest BCUT2D eigenvalue weighted by Crippen LogP contribution is 2.32. The Morgan fingerprint density at radius 1 is 1.17 bits per heavy atom. The third kappa shape index (κ3) is 6.42. The van der Waals surface area contributed by atoms with E-state index in [-0.39, 0.29) is 63.9 Å². The summed E-state index contributed by atoms with van der Waals surface area (Å²) in [4.78, 5) is 15.1. The van der Waals surface area contributed by atoms with Gasteiger partial charge in [-0.1, -0.05) is 23.7 Å². The summed E-state index contributed by atoms with van der Waals surface area (Å²) >= 11 is 5.88. The Morgan fingerprint density at radius 2 is 1.83 bits per heavy atom. The summed E-state index contributed by atoms with van der Waals surface area (Å²) < 4.78 is 67.7. The topological polar surface area (TPSA) is 159 Å². The number of aryl methyl sites for hydroxylation is 2. The number of amides is 1. The first-order valence-electron chi connectivity index (χ1n) is 13.1. The summed E-state index contributed by atoms with van der Waals surface area (Å²) in [5, 5.41) is 14.0. The highest BCUT2D eigenvalue weighted by Gasteiger charge is 2.37. The highest BCUT2D eigenvalue weighted by molar-refractivity contribution is 7.92. The maximum atomic E-state index is 13.7. The number of benzene rings is 2. The zero-order chi connectivity index (χ0) is 31.0. The number of sulfonamides is 2. The van der Waals surface area contributed by atoms with Gasteiger partial charge in [0.05, 0.1) is 29.7 Å². The van der Waals surface area contributed by atoms with Gasteiger partial charge in [-0.05, 0) is 63.2 Å². The van der Waals surface area contributed by atoms with Gasteiger partial charge in [0, 0.05) is 30.2 Å². The van der Waals surface area contributed by atoms with Gasteiger partial charge in [0.15, 0.2) is 5.76 Å². The van der Waals surface area contributed by atoms with Crippen molar-refractivity contribution in [1.82, 2.24) is 14.4 Å². The summed E-state index contributed by atoms with van der Waals surface area (Å²) in [5.74, 6) is -0.523. The molecule has 1 aliphatic heterocycles. The van der Waals surface area contributed by atoms with Crippen LogP contribution in [0, 0.1) is 19.8 Å². The molecular weight excluding hydrogens is 608 g/mol.